The number of methoxy groups -OCH3 is 1. The smallest absolute Gasteiger partial charge is 0.246 e. The molecule has 38 heavy (non-hydrogen) atoms. The number of ether oxygens (including phenoxy) is 2. The number of hydrogen-bond acceptors (Lipinski definition) is 6. The normalized spacial score (nSPS) is 13.2. The first-order valence-electron chi connectivity index (χ1n) is 12.5. The van der Waals surface area contributed by atoms with Crippen LogP contribution >= 0.6 is 0 Å². The summed E-state index contributed by atoms with van der Waals surface area (Å²) >= 11 is 0. The molecule has 8 heteroatoms. The molecule has 1 aliphatic heterocycles. The summed E-state index contributed by atoms with van der Waals surface area (Å²) in [5, 5.41) is 3.72. The number of nitrogens with one attached hydrogen (secondary N) is 1. The molecule has 5 rings (SSSR count). The van der Waals surface area contributed by atoms with Crippen LogP contribution < -0.4 is 14.8 Å². The molecule has 1 N–H and O–H groups in total. The third kappa shape index (κ3) is 5.39. The maximum atomic E-state index is 12.9. The topological polar surface area (TPSA) is 93.9 Å². The Balaban J connectivity index is 1.31. The van der Waals surface area contributed by atoms with Crippen LogP contribution in [0.25, 0.3) is 17.0 Å². The van der Waals surface area contributed by atoms with Crippen LogP contribution in [0, 0.1) is 6.92 Å². The second kappa shape index (κ2) is 10.8. The van der Waals surface area contributed by atoms with Gasteiger partial charge in [-0.2, -0.15) is 0 Å². The molecule has 0 saturated carbocycles. The van der Waals surface area contributed by atoms with E-state index < -0.39 is 0 Å². The van der Waals surface area contributed by atoms with Crippen LogP contribution in [0.4, 0.5) is 5.82 Å². The number of likely N-dealkylation sites (N-methyl/N-ethyl adjacent to an activating group) is 1. The number of nitrogens with zero attached hydrogens (tertiary/aromatic N) is 2. The number of anilines is 1. The third-order valence-electron chi connectivity index (χ3n) is 6.54. The summed E-state index contributed by atoms with van der Waals surface area (Å²) < 4.78 is 17.5. The summed E-state index contributed by atoms with van der Waals surface area (Å²) in [6, 6.07) is 15.1. The maximum Gasteiger partial charge on any atom is 0.246 e. The molecule has 0 atom stereocenters. The third-order valence-corrected chi connectivity index (χ3v) is 6.54. The number of rotatable bonds is 7. The first-order chi connectivity index (χ1) is 18.4. The van der Waals surface area contributed by atoms with Crippen molar-refractivity contribution in [1.82, 2.24) is 9.88 Å². The van der Waals surface area contributed by atoms with Crippen molar-refractivity contribution >= 4 is 34.7 Å². The number of benzene rings is 2. The number of aromatic nitrogens is 1. The number of carbonyl (C=O) groups excluding carboxylic acids is 2. The van der Waals surface area contributed by atoms with E-state index >= 15 is 0 Å². The molecule has 0 saturated heterocycles. The summed E-state index contributed by atoms with van der Waals surface area (Å²) in [5.41, 5.74) is 3.34. The Labute approximate surface area is 220 Å². The molecule has 0 spiro atoms. The average molecular weight is 512 g/mol. The maximum absolute atomic E-state index is 12.9. The Morgan fingerprint density at radius 2 is 1.97 bits per heavy atom. The number of fused-ring (bicyclic) bond motifs is 2. The number of amides is 2. The van der Waals surface area contributed by atoms with Gasteiger partial charge in [0.25, 0.3) is 0 Å². The monoisotopic (exact) mass is 511 g/mol. The molecule has 0 fully saturated rings. The lowest BCUT2D eigenvalue weighted by atomic mass is 10.1. The number of pyridine rings is 1. The Hall–Kier alpha value is -4.59. The molecule has 2 amide bonds. The zero-order chi connectivity index (χ0) is 26.6. The van der Waals surface area contributed by atoms with Gasteiger partial charge in [0.1, 0.15) is 23.1 Å². The highest BCUT2D eigenvalue weighted by Crippen LogP contribution is 2.36. The Kier molecular flexibility index (Phi) is 7.13. The first-order valence-corrected chi connectivity index (χ1v) is 12.5. The fraction of sp³-hybridized carbons (Fsp3) is 0.233. The number of aryl methyl sites for hydroxylation is 2. The molecular formula is C30H29N3O5. The van der Waals surface area contributed by atoms with Gasteiger partial charge in [-0.3, -0.25) is 9.59 Å². The van der Waals surface area contributed by atoms with Crippen molar-refractivity contribution in [1.29, 1.82) is 0 Å². The van der Waals surface area contributed by atoms with Crippen LogP contribution in [0.15, 0.2) is 65.2 Å². The zero-order valence-electron chi connectivity index (χ0n) is 21.6. The van der Waals surface area contributed by atoms with Crippen LogP contribution in [0.2, 0.25) is 0 Å². The molecular weight excluding hydrogens is 482 g/mol. The molecule has 2 aromatic heterocycles. The number of hydrogen-bond donors (Lipinski definition) is 1. The SMILES string of the molecule is COc1cccc(Oc2cccc3c(CN(C)C(=O)/C=C/c4cnc5c(c4)CCCC(=O)N5)c(C)oc23)c1. The van der Waals surface area contributed by atoms with Gasteiger partial charge in [0, 0.05) is 49.3 Å². The van der Waals surface area contributed by atoms with Gasteiger partial charge in [0.05, 0.1) is 7.11 Å². The summed E-state index contributed by atoms with van der Waals surface area (Å²) in [6.45, 7) is 2.26. The Morgan fingerprint density at radius 1 is 1.16 bits per heavy atom. The molecule has 2 aromatic carbocycles. The van der Waals surface area contributed by atoms with Gasteiger partial charge in [-0.05, 0) is 61.2 Å². The molecule has 3 heterocycles. The molecule has 194 valence electrons. The molecule has 1 aliphatic rings. The van der Waals surface area contributed by atoms with Crippen molar-refractivity contribution < 1.29 is 23.5 Å². The standard InChI is InChI=1S/C30H29N3O5/c1-19-25(24-10-6-11-26(29(24)37-19)38-23-9-5-8-22(16-23)36-3)18-33(2)28(35)14-13-20-15-21-7-4-12-27(34)32-30(21)31-17-20/h5-6,8-11,13-17H,4,7,12,18H2,1-3H3,(H,31,32,34)/b14-13+. The average Bonchev–Trinajstić information content (AvgIpc) is 3.11. The van der Waals surface area contributed by atoms with E-state index in [4.69, 9.17) is 13.9 Å². The molecule has 0 aliphatic carbocycles. The summed E-state index contributed by atoms with van der Waals surface area (Å²) in [5.74, 6) is 3.09. The van der Waals surface area contributed by atoms with E-state index in [0.717, 1.165) is 40.7 Å². The molecule has 0 bridgehead atoms. The van der Waals surface area contributed by atoms with Crippen molar-refractivity contribution in [2.24, 2.45) is 0 Å². The van der Waals surface area contributed by atoms with E-state index in [1.165, 1.54) is 6.08 Å². The van der Waals surface area contributed by atoms with E-state index in [1.54, 1.807) is 31.3 Å². The van der Waals surface area contributed by atoms with Gasteiger partial charge in [0.15, 0.2) is 11.3 Å². The highest BCUT2D eigenvalue weighted by molar-refractivity contribution is 5.93. The summed E-state index contributed by atoms with van der Waals surface area (Å²) in [6.07, 6.45) is 6.98. The van der Waals surface area contributed by atoms with Gasteiger partial charge < -0.3 is 24.1 Å². The quantitative estimate of drug-likeness (QED) is 0.311. The van der Waals surface area contributed by atoms with Crippen molar-refractivity contribution in [2.75, 3.05) is 19.5 Å². The fourth-order valence-electron chi connectivity index (χ4n) is 4.50. The van der Waals surface area contributed by atoms with E-state index in [1.807, 2.05) is 55.5 Å². The summed E-state index contributed by atoms with van der Waals surface area (Å²) in [7, 11) is 3.37. The molecule has 0 radical (unpaired) electrons. The lowest BCUT2D eigenvalue weighted by molar-refractivity contribution is -0.125. The Morgan fingerprint density at radius 3 is 2.82 bits per heavy atom. The van der Waals surface area contributed by atoms with Gasteiger partial charge in [-0.25, -0.2) is 4.98 Å². The van der Waals surface area contributed by atoms with Crippen molar-refractivity contribution in [3.63, 3.8) is 0 Å². The van der Waals surface area contributed by atoms with Crippen LogP contribution in [-0.4, -0.2) is 35.9 Å². The lowest BCUT2D eigenvalue weighted by Gasteiger charge is -2.15. The highest BCUT2D eigenvalue weighted by Gasteiger charge is 2.18. The number of para-hydroxylation sites is 1. The molecule has 0 unspecified atom stereocenters. The summed E-state index contributed by atoms with van der Waals surface area (Å²) in [4.78, 5) is 30.7. The fourth-order valence-corrected chi connectivity index (χ4v) is 4.50. The van der Waals surface area contributed by atoms with E-state index in [2.05, 4.69) is 10.3 Å². The van der Waals surface area contributed by atoms with Crippen molar-refractivity contribution in [3.05, 3.63) is 83.3 Å². The van der Waals surface area contributed by atoms with Crippen molar-refractivity contribution in [3.8, 4) is 17.2 Å². The largest absolute Gasteiger partial charge is 0.497 e. The molecule has 8 nitrogen and oxygen atoms in total. The van der Waals surface area contributed by atoms with E-state index in [9.17, 15) is 9.59 Å². The number of carbonyl (C=O) groups is 2. The second-order valence-electron chi connectivity index (χ2n) is 9.26. The van der Waals surface area contributed by atoms with Crippen LogP contribution in [0.5, 0.6) is 17.2 Å². The van der Waals surface area contributed by atoms with Gasteiger partial charge in [-0.1, -0.05) is 18.2 Å². The van der Waals surface area contributed by atoms with E-state index in [0.29, 0.717) is 41.6 Å². The van der Waals surface area contributed by atoms with Gasteiger partial charge >= 0.3 is 0 Å². The van der Waals surface area contributed by atoms with Gasteiger partial charge in [-0.15, -0.1) is 0 Å². The predicted molar refractivity (Wildman–Crippen MR) is 145 cm³/mol. The number of furan rings is 1. The van der Waals surface area contributed by atoms with Crippen LogP contribution in [0.1, 0.15) is 35.3 Å². The zero-order valence-corrected chi connectivity index (χ0v) is 21.6. The minimum atomic E-state index is -0.147. The first kappa shape index (κ1) is 25.1. The Bertz CT molecular complexity index is 1540. The minimum Gasteiger partial charge on any atom is -0.497 e. The lowest BCUT2D eigenvalue weighted by Crippen LogP contribution is -2.24. The molecule has 4 aromatic rings. The minimum absolute atomic E-state index is 0.0163. The van der Waals surface area contributed by atoms with Crippen LogP contribution in [0.3, 0.4) is 0 Å². The second-order valence-corrected chi connectivity index (χ2v) is 9.26. The highest BCUT2D eigenvalue weighted by atomic mass is 16.5. The van der Waals surface area contributed by atoms with Crippen LogP contribution in [-0.2, 0) is 22.6 Å². The van der Waals surface area contributed by atoms with Crippen molar-refractivity contribution in [2.45, 2.75) is 32.7 Å². The van der Waals surface area contributed by atoms with E-state index in [-0.39, 0.29) is 11.8 Å². The predicted octanol–water partition coefficient (Wildman–Crippen LogP) is 5.88. The van der Waals surface area contributed by atoms with Gasteiger partial charge in [0.2, 0.25) is 11.8 Å².